The molecule has 3 aromatic rings. The van der Waals surface area contributed by atoms with Crippen molar-refractivity contribution in [3.63, 3.8) is 0 Å². The van der Waals surface area contributed by atoms with Crippen LogP contribution in [0.25, 0.3) is 11.4 Å². The van der Waals surface area contributed by atoms with Gasteiger partial charge in [0, 0.05) is 23.7 Å². The minimum absolute atomic E-state index is 0.194. The van der Waals surface area contributed by atoms with Crippen LogP contribution in [-0.4, -0.2) is 35.6 Å². The Morgan fingerprint density at radius 1 is 1.07 bits per heavy atom. The summed E-state index contributed by atoms with van der Waals surface area (Å²) in [5.41, 5.74) is 1.48. The fourth-order valence-corrected chi connectivity index (χ4v) is 2.77. The van der Waals surface area contributed by atoms with Gasteiger partial charge < -0.3 is 14.8 Å². The quantitative estimate of drug-likeness (QED) is 0.609. The molecule has 9 heteroatoms. The van der Waals surface area contributed by atoms with Crippen LogP contribution in [0.1, 0.15) is 17.3 Å². The van der Waals surface area contributed by atoms with Crippen LogP contribution in [0.5, 0.6) is 11.5 Å². The first kappa shape index (κ1) is 19.9. The van der Waals surface area contributed by atoms with Gasteiger partial charge in [0.1, 0.15) is 0 Å². The fourth-order valence-electron chi connectivity index (χ4n) is 2.77. The number of carbonyl (C=O) groups is 2. The largest absolute Gasteiger partial charge is 0.493 e. The van der Waals surface area contributed by atoms with Crippen LogP contribution in [0.15, 0.2) is 51.8 Å². The maximum atomic E-state index is 12.6. The fraction of sp³-hybridized carbons (Fsp3) is 0.200. The molecule has 3 rings (SSSR count). The van der Waals surface area contributed by atoms with Gasteiger partial charge in [0.25, 0.3) is 0 Å². The first-order chi connectivity index (χ1) is 13.9. The molecule has 0 spiro atoms. The number of Topliss-reactive ketones (excluding diaryl/α,β-unsaturated/α-hetero) is 1. The van der Waals surface area contributed by atoms with E-state index in [-0.39, 0.29) is 24.1 Å². The predicted octanol–water partition coefficient (Wildman–Crippen LogP) is 2.36. The molecule has 9 nitrogen and oxygen atoms in total. The highest BCUT2D eigenvalue weighted by Gasteiger charge is 2.18. The lowest BCUT2D eigenvalue weighted by atomic mass is 10.1. The van der Waals surface area contributed by atoms with E-state index in [9.17, 15) is 14.4 Å². The van der Waals surface area contributed by atoms with Crippen molar-refractivity contribution in [2.45, 2.75) is 13.5 Å². The summed E-state index contributed by atoms with van der Waals surface area (Å²) in [5, 5.41) is 6.41. The number of ether oxygens (including phenoxy) is 2. The van der Waals surface area contributed by atoms with Crippen molar-refractivity contribution in [3.05, 3.63) is 58.6 Å². The van der Waals surface area contributed by atoms with Gasteiger partial charge in [-0.1, -0.05) is 5.16 Å². The zero-order chi connectivity index (χ0) is 21.0. The number of amides is 1. The molecule has 0 unspecified atom stereocenters. The SMILES string of the molecule is COc1ccc(-c2noc(=O)n2CC(=O)c2ccc(NC(C)=O)cc2)cc1OC. The second-order valence-electron chi connectivity index (χ2n) is 6.11. The summed E-state index contributed by atoms with van der Waals surface area (Å²) in [6.07, 6.45) is 0. The van der Waals surface area contributed by atoms with Crippen molar-refractivity contribution in [3.8, 4) is 22.9 Å². The molecule has 1 heterocycles. The van der Waals surface area contributed by atoms with Crippen LogP contribution in [0, 0.1) is 0 Å². The lowest BCUT2D eigenvalue weighted by molar-refractivity contribution is -0.114. The second kappa shape index (κ2) is 8.42. The summed E-state index contributed by atoms with van der Waals surface area (Å²) in [7, 11) is 3.01. The lowest BCUT2D eigenvalue weighted by Crippen LogP contribution is -2.21. The van der Waals surface area contributed by atoms with E-state index in [1.807, 2.05) is 0 Å². The molecule has 150 valence electrons. The molecule has 0 radical (unpaired) electrons. The van der Waals surface area contributed by atoms with Crippen LogP contribution in [0.4, 0.5) is 5.69 Å². The molecular weight excluding hydrogens is 378 g/mol. The number of hydrogen-bond donors (Lipinski definition) is 1. The number of carbonyl (C=O) groups excluding carboxylic acids is 2. The zero-order valence-electron chi connectivity index (χ0n) is 16.1. The normalized spacial score (nSPS) is 10.4. The van der Waals surface area contributed by atoms with E-state index in [1.54, 1.807) is 42.5 Å². The number of aromatic nitrogens is 2. The standard InChI is InChI=1S/C20H19N3O6/c1-12(24)21-15-7-4-13(5-8-15)16(25)11-23-19(22-29-20(23)26)14-6-9-17(27-2)18(10-14)28-3/h4-10H,11H2,1-3H3,(H,21,24). The number of benzene rings is 2. The van der Waals surface area contributed by atoms with Gasteiger partial charge in [-0.15, -0.1) is 0 Å². The Hall–Kier alpha value is -3.88. The van der Waals surface area contributed by atoms with E-state index in [0.29, 0.717) is 28.3 Å². The summed E-state index contributed by atoms with van der Waals surface area (Å²) >= 11 is 0. The number of hydrogen-bond acceptors (Lipinski definition) is 7. The first-order valence-corrected chi connectivity index (χ1v) is 8.62. The summed E-state index contributed by atoms with van der Waals surface area (Å²) in [6, 6.07) is 11.4. The van der Waals surface area contributed by atoms with Crippen LogP contribution >= 0.6 is 0 Å². The molecule has 0 aliphatic rings. The third-order valence-electron chi connectivity index (χ3n) is 4.16. The number of rotatable bonds is 7. The van der Waals surface area contributed by atoms with Gasteiger partial charge in [0.15, 0.2) is 23.1 Å². The van der Waals surface area contributed by atoms with Gasteiger partial charge in [0.2, 0.25) is 5.91 Å². The summed E-state index contributed by atoms with van der Waals surface area (Å²) in [6.45, 7) is 1.14. The number of nitrogens with zero attached hydrogens (tertiary/aromatic N) is 2. The lowest BCUT2D eigenvalue weighted by Gasteiger charge is -2.09. The van der Waals surface area contributed by atoms with E-state index in [2.05, 4.69) is 10.5 Å². The van der Waals surface area contributed by atoms with Crippen molar-refractivity contribution >= 4 is 17.4 Å². The highest BCUT2D eigenvalue weighted by molar-refractivity contribution is 5.97. The Kier molecular flexibility index (Phi) is 5.77. The molecular formula is C20H19N3O6. The van der Waals surface area contributed by atoms with Crippen LogP contribution in [0.3, 0.4) is 0 Å². The molecule has 2 aromatic carbocycles. The number of ketones is 1. The second-order valence-corrected chi connectivity index (χ2v) is 6.11. The Morgan fingerprint density at radius 3 is 2.38 bits per heavy atom. The van der Waals surface area contributed by atoms with Crippen molar-refractivity contribution in [2.24, 2.45) is 0 Å². The van der Waals surface area contributed by atoms with Crippen LogP contribution in [-0.2, 0) is 11.3 Å². The summed E-state index contributed by atoms with van der Waals surface area (Å²) in [4.78, 5) is 35.8. The molecule has 0 saturated carbocycles. The van der Waals surface area contributed by atoms with Crippen molar-refractivity contribution in [1.29, 1.82) is 0 Å². The smallest absolute Gasteiger partial charge is 0.442 e. The van der Waals surface area contributed by atoms with Crippen LogP contribution < -0.4 is 20.5 Å². The molecule has 1 N–H and O–H groups in total. The van der Waals surface area contributed by atoms with Gasteiger partial charge in [-0.3, -0.25) is 14.1 Å². The Labute approximate surface area is 165 Å². The molecule has 0 aliphatic carbocycles. The van der Waals surface area contributed by atoms with E-state index >= 15 is 0 Å². The highest BCUT2D eigenvalue weighted by atomic mass is 16.5. The number of anilines is 1. The maximum absolute atomic E-state index is 12.6. The maximum Gasteiger partial charge on any atom is 0.442 e. The van der Waals surface area contributed by atoms with E-state index < -0.39 is 5.76 Å². The average molecular weight is 397 g/mol. The monoisotopic (exact) mass is 397 g/mol. The summed E-state index contributed by atoms with van der Waals surface area (Å²) < 4.78 is 16.4. The minimum Gasteiger partial charge on any atom is -0.493 e. The van der Waals surface area contributed by atoms with Crippen molar-refractivity contribution in [2.75, 3.05) is 19.5 Å². The van der Waals surface area contributed by atoms with Crippen molar-refractivity contribution < 1.29 is 23.6 Å². The van der Waals surface area contributed by atoms with Crippen LogP contribution in [0.2, 0.25) is 0 Å². The zero-order valence-corrected chi connectivity index (χ0v) is 16.1. The number of nitrogens with one attached hydrogen (secondary N) is 1. The van der Waals surface area contributed by atoms with Gasteiger partial charge in [0.05, 0.1) is 20.8 Å². The first-order valence-electron chi connectivity index (χ1n) is 8.62. The molecule has 0 saturated heterocycles. The predicted molar refractivity (Wildman–Crippen MR) is 104 cm³/mol. The molecule has 0 bridgehead atoms. The van der Waals surface area contributed by atoms with Gasteiger partial charge >= 0.3 is 5.76 Å². The average Bonchev–Trinajstić information content (AvgIpc) is 3.07. The third kappa shape index (κ3) is 4.34. The third-order valence-corrected chi connectivity index (χ3v) is 4.16. The highest BCUT2D eigenvalue weighted by Crippen LogP contribution is 2.31. The van der Waals surface area contributed by atoms with E-state index in [0.717, 1.165) is 4.57 Å². The molecule has 1 amide bonds. The molecule has 1 aromatic heterocycles. The van der Waals surface area contributed by atoms with Gasteiger partial charge in [-0.2, -0.15) is 0 Å². The Balaban J connectivity index is 1.87. The molecule has 0 fully saturated rings. The molecule has 29 heavy (non-hydrogen) atoms. The molecule has 0 atom stereocenters. The Bertz CT molecular complexity index is 1100. The Morgan fingerprint density at radius 2 is 1.76 bits per heavy atom. The topological polar surface area (TPSA) is 113 Å². The number of methoxy groups -OCH3 is 2. The molecule has 0 aliphatic heterocycles. The minimum atomic E-state index is -0.752. The van der Waals surface area contributed by atoms with Crippen molar-refractivity contribution in [1.82, 2.24) is 9.72 Å². The van der Waals surface area contributed by atoms with Gasteiger partial charge in [-0.05, 0) is 42.5 Å². The summed E-state index contributed by atoms with van der Waals surface area (Å²) in [5.74, 6) is -0.112. The van der Waals surface area contributed by atoms with E-state index in [1.165, 1.54) is 21.1 Å². The van der Waals surface area contributed by atoms with E-state index in [4.69, 9.17) is 14.0 Å². The van der Waals surface area contributed by atoms with Gasteiger partial charge in [-0.25, -0.2) is 9.36 Å².